The van der Waals surface area contributed by atoms with Crippen LogP contribution in [0.2, 0.25) is 0 Å². The second kappa shape index (κ2) is 9.47. The highest BCUT2D eigenvalue weighted by Gasteiger charge is 2.08. The van der Waals surface area contributed by atoms with E-state index in [2.05, 4.69) is 15.5 Å². The van der Waals surface area contributed by atoms with Crippen LogP contribution in [-0.2, 0) is 11.2 Å². The Balaban J connectivity index is 1.47. The van der Waals surface area contributed by atoms with E-state index in [9.17, 15) is 14.9 Å². The highest BCUT2D eigenvalue weighted by atomic mass is 32.2. The van der Waals surface area contributed by atoms with Crippen molar-refractivity contribution in [1.29, 1.82) is 0 Å². The number of nitrogens with zero attached hydrogens (tertiary/aromatic N) is 3. The molecule has 0 radical (unpaired) electrons. The minimum absolute atomic E-state index is 0.00887. The first-order valence-corrected chi connectivity index (χ1v) is 9.32. The van der Waals surface area contributed by atoms with Gasteiger partial charge in [0.05, 0.1) is 4.92 Å². The second-order valence-electron chi connectivity index (χ2n) is 5.58. The van der Waals surface area contributed by atoms with Gasteiger partial charge in [0.1, 0.15) is 0 Å². The van der Waals surface area contributed by atoms with Crippen molar-refractivity contribution in [2.75, 3.05) is 11.1 Å². The number of rotatable bonds is 8. The molecule has 0 spiro atoms. The molecule has 28 heavy (non-hydrogen) atoms. The molecular formula is C19H16N4O4S. The molecule has 3 aromatic rings. The van der Waals surface area contributed by atoms with E-state index in [-0.39, 0.29) is 11.7 Å². The first-order chi connectivity index (χ1) is 13.6. The average molecular weight is 396 g/mol. The molecule has 0 aliphatic carbocycles. The number of carbonyl (C=O) groups excluding carboxylic acids is 1. The molecule has 0 bridgehead atoms. The molecule has 0 atom stereocenters. The van der Waals surface area contributed by atoms with Gasteiger partial charge in [-0.2, -0.15) is 0 Å². The molecule has 0 saturated heterocycles. The predicted octanol–water partition coefficient (Wildman–Crippen LogP) is 3.96. The van der Waals surface area contributed by atoms with Crippen molar-refractivity contribution < 1.29 is 14.1 Å². The predicted molar refractivity (Wildman–Crippen MR) is 106 cm³/mol. The number of nitro benzene ring substituents is 1. The number of amides is 1. The van der Waals surface area contributed by atoms with E-state index in [1.54, 1.807) is 23.9 Å². The lowest BCUT2D eigenvalue weighted by Gasteiger charge is -1.98. The van der Waals surface area contributed by atoms with Crippen LogP contribution in [0.3, 0.4) is 0 Å². The van der Waals surface area contributed by atoms with Crippen LogP contribution in [0.4, 0.5) is 11.7 Å². The molecule has 8 nitrogen and oxygen atoms in total. The summed E-state index contributed by atoms with van der Waals surface area (Å²) in [5.74, 6) is 0.782. The molecule has 2 aromatic carbocycles. The van der Waals surface area contributed by atoms with Crippen molar-refractivity contribution in [2.45, 2.75) is 11.3 Å². The molecule has 1 amide bonds. The number of benzene rings is 2. The number of nitro groups is 1. The Morgan fingerprint density at radius 3 is 2.61 bits per heavy atom. The number of anilines is 1. The maximum absolute atomic E-state index is 11.9. The molecular weight excluding hydrogens is 380 g/mol. The highest BCUT2D eigenvalue weighted by molar-refractivity contribution is 7.99. The monoisotopic (exact) mass is 396 g/mol. The Morgan fingerprint density at radius 2 is 1.89 bits per heavy atom. The third-order valence-electron chi connectivity index (χ3n) is 3.56. The summed E-state index contributed by atoms with van der Waals surface area (Å²) < 4.78 is 5.41. The number of carbonyl (C=O) groups is 1. The minimum Gasteiger partial charge on any atom is -0.408 e. The van der Waals surface area contributed by atoms with Crippen LogP contribution < -0.4 is 5.32 Å². The van der Waals surface area contributed by atoms with Crippen LogP contribution in [0.25, 0.3) is 6.08 Å². The van der Waals surface area contributed by atoms with Gasteiger partial charge in [0.2, 0.25) is 5.89 Å². The quantitative estimate of drug-likeness (QED) is 0.265. The van der Waals surface area contributed by atoms with Crippen LogP contribution >= 0.6 is 11.8 Å². The van der Waals surface area contributed by atoms with Crippen molar-refractivity contribution in [3.8, 4) is 0 Å². The summed E-state index contributed by atoms with van der Waals surface area (Å²) in [5, 5.41) is 20.8. The molecule has 0 fully saturated rings. The summed E-state index contributed by atoms with van der Waals surface area (Å²) in [6.07, 6.45) is 3.41. The number of non-ortho nitro benzene ring substituents is 1. The van der Waals surface area contributed by atoms with Gasteiger partial charge in [0.15, 0.2) is 0 Å². The Bertz CT molecular complexity index is 971. The van der Waals surface area contributed by atoms with Gasteiger partial charge in [-0.15, -0.1) is 16.9 Å². The molecule has 9 heteroatoms. The van der Waals surface area contributed by atoms with E-state index in [1.807, 2.05) is 30.3 Å². The molecule has 0 aliphatic rings. The van der Waals surface area contributed by atoms with Gasteiger partial charge in [-0.25, -0.2) is 0 Å². The van der Waals surface area contributed by atoms with Crippen molar-refractivity contribution >= 4 is 35.4 Å². The second-order valence-corrected chi connectivity index (χ2v) is 6.75. The fraction of sp³-hybridized carbons (Fsp3) is 0.105. The van der Waals surface area contributed by atoms with Crippen molar-refractivity contribution in [3.05, 3.63) is 82.2 Å². The molecule has 0 unspecified atom stereocenters. The van der Waals surface area contributed by atoms with E-state index in [0.717, 1.165) is 10.6 Å². The first kappa shape index (κ1) is 19.3. The summed E-state index contributed by atoms with van der Waals surface area (Å²) in [6, 6.07) is 15.9. The Morgan fingerprint density at radius 1 is 1.14 bits per heavy atom. The van der Waals surface area contributed by atoms with Crippen molar-refractivity contribution in [2.24, 2.45) is 0 Å². The van der Waals surface area contributed by atoms with Gasteiger partial charge in [0.25, 0.3) is 11.6 Å². The molecule has 1 aromatic heterocycles. The average Bonchev–Trinajstić information content (AvgIpc) is 3.14. The number of hydrogen-bond donors (Lipinski definition) is 1. The number of nitrogens with one attached hydrogen (secondary N) is 1. The summed E-state index contributed by atoms with van der Waals surface area (Å²) in [4.78, 5) is 23.2. The summed E-state index contributed by atoms with van der Waals surface area (Å²) in [6.45, 7) is 0. The standard InChI is InChI=1S/C19H16N4O4S/c24-17(11-8-14-6-9-15(10-7-14)23(25)26)20-19-22-21-18(27-19)12-13-28-16-4-2-1-3-5-16/h1-11H,12-13H2,(H,20,22,24)/b11-8-. The van der Waals surface area contributed by atoms with E-state index in [1.165, 1.54) is 24.3 Å². The molecule has 1 N–H and O–H groups in total. The largest absolute Gasteiger partial charge is 0.408 e. The van der Waals surface area contributed by atoms with Gasteiger partial charge in [-0.05, 0) is 35.9 Å². The molecule has 142 valence electrons. The van der Waals surface area contributed by atoms with Crippen LogP contribution in [0.1, 0.15) is 11.5 Å². The van der Waals surface area contributed by atoms with Gasteiger partial charge < -0.3 is 4.42 Å². The Hall–Kier alpha value is -3.46. The third-order valence-corrected chi connectivity index (χ3v) is 4.57. The lowest BCUT2D eigenvalue weighted by Crippen LogP contribution is -2.07. The van der Waals surface area contributed by atoms with E-state index in [0.29, 0.717) is 17.9 Å². The molecule has 0 saturated carbocycles. The van der Waals surface area contributed by atoms with Crippen LogP contribution in [0, 0.1) is 10.1 Å². The van der Waals surface area contributed by atoms with Crippen LogP contribution in [-0.4, -0.2) is 26.8 Å². The van der Waals surface area contributed by atoms with Crippen LogP contribution in [0.5, 0.6) is 0 Å². The Kier molecular flexibility index (Phi) is 6.53. The van der Waals surface area contributed by atoms with Crippen molar-refractivity contribution in [1.82, 2.24) is 10.2 Å². The van der Waals surface area contributed by atoms with Gasteiger partial charge in [0, 0.05) is 35.3 Å². The summed E-state index contributed by atoms with van der Waals surface area (Å²) in [7, 11) is 0. The molecule has 3 rings (SSSR count). The molecule has 1 heterocycles. The zero-order chi connectivity index (χ0) is 19.8. The number of aromatic nitrogens is 2. The van der Waals surface area contributed by atoms with Gasteiger partial charge in [-0.1, -0.05) is 23.3 Å². The third kappa shape index (κ3) is 5.78. The number of aryl methyl sites for hydroxylation is 1. The highest BCUT2D eigenvalue weighted by Crippen LogP contribution is 2.18. The fourth-order valence-electron chi connectivity index (χ4n) is 2.20. The first-order valence-electron chi connectivity index (χ1n) is 8.34. The SMILES string of the molecule is O=C(/C=C\c1ccc([N+](=O)[O-])cc1)Nc1nnc(CCSc2ccccc2)o1. The lowest BCUT2D eigenvalue weighted by molar-refractivity contribution is -0.384. The zero-order valence-corrected chi connectivity index (χ0v) is 15.5. The van der Waals surface area contributed by atoms with Gasteiger partial charge in [-0.3, -0.25) is 20.2 Å². The lowest BCUT2D eigenvalue weighted by atomic mass is 10.2. The number of hydrogen-bond acceptors (Lipinski definition) is 7. The van der Waals surface area contributed by atoms with Gasteiger partial charge >= 0.3 is 6.01 Å². The number of thioether (sulfide) groups is 1. The molecule has 0 aliphatic heterocycles. The summed E-state index contributed by atoms with van der Waals surface area (Å²) >= 11 is 1.68. The fourth-order valence-corrected chi connectivity index (χ4v) is 3.07. The zero-order valence-electron chi connectivity index (χ0n) is 14.6. The minimum atomic E-state index is -0.480. The van der Waals surface area contributed by atoms with E-state index < -0.39 is 10.8 Å². The Labute approximate surface area is 164 Å². The topological polar surface area (TPSA) is 111 Å². The van der Waals surface area contributed by atoms with Crippen LogP contribution in [0.15, 0.2) is 70.0 Å². The normalized spacial score (nSPS) is 10.9. The van der Waals surface area contributed by atoms with E-state index >= 15 is 0 Å². The van der Waals surface area contributed by atoms with E-state index in [4.69, 9.17) is 4.42 Å². The maximum atomic E-state index is 11.9. The van der Waals surface area contributed by atoms with Crippen molar-refractivity contribution in [3.63, 3.8) is 0 Å². The summed E-state index contributed by atoms with van der Waals surface area (Å²) in [5.41, 5.74) is 0.648. The maximum Gasteiger partial charge on any atom is 0.322 e. The smallest absolute Gasteiger partial charge is 0.322 e.